The largest absolute Gasteiger partial charge is 0.344 e. The number of halogens is 1. The molecule has 2 aromatic rings. The monoisotopic (exact) mass is 381 g/mol. The molecular formula is C16H16BrNOS2. The summed E-state index contributed by atoms with van der Waals surface area (Å²) in [6.45, 7) is 0. The van der Waals surface area contributed by atoms with Crippen molar-refractivity contribution in [2.24, 2.45) is 0 Å². The lowest BCUT2D eigenvalue weighted by Gasteiger charge is -2.16. The Morgan fingerprint density at radius 2 is 2.14 bits per heavy atom. The lowest BCUT2D eigenvalue weighted by atomic mass is 10.1. The molecule has 3 rings (SSSR count). The van der Waals surface area contributed by atoms with Crippen LogP contribution in [-0.2, 0) is 12.2 Å². The maximum atomic E-state index is 12.5. The molecule has 2 heterocycles. The van der Waals surface area contributed by atoms with Crippen LogP contribution in [-0.4, -0.2) is 17.0 Å². The smallest absolute Gasteiger partial charge is 0.261 e. The summed E-state index contributed by atoms with van der Waals surface area (Å²) in [5.41, 5.74) is 2.47. The van der Waals surface area contributed by atoms with Crippen molar-refractivity contribution in [2.75, 3.05) is 11.1 Å². The second kappa shape index (κ2) is 6.99. The highest BCUT2D eigenvalue weighted by atomic mass is 79.9. The molecule has 0 saturated carbocycles. The van der Waals surface area contributed by atoms with Crippen molar-refractivity contribution in [2.45, 2.75) is 18.2 Å². The number of nitrogens with one attached hydrogen (secondary N) is 1. The highest BCUT2D eigenvalue weighted by molar-refractivity contribution is 9.09. The predicted octanol–water partition coefficient (Wildman–Crippen LogP) is 4.40. The molecule has 1 aliphatic rings. The number of hydrogen-bond acceptors (Lipinski definition) is 3. The maximum absolute atomic E-state index is 12.5. The number of alkyl halides is 1. The fraction of sp³-hybridized carbons (Fsp3) is 0.312. The molecule has 110 valence electrons. The third-order valence-electron chi connectivity index (χ3n) is 3.51. The van der Waals surface area contributed by atoms with E-state index in [1.54, 1.807) is 11.3 Å². The van der Waals surface area contributed by atoms with Crippen LogP contribution in [0.5, 0.6) is 0 Å². The molecule has 1 unspecified atom stereocenters. The predicted molar refractivity (Wildman–Crippen MR) is 94.6 cm³/mol. The first kappa shape index (κ1) is 15.1. The third kappa shape index (κ3) is 3.52. The summed E-state index contributed by atoms with van der Waals surface area (Å²) in [7, 11) is 0. The molecule has 0 bridgehead atoms. The van der Waals surface area contributed by atoms with E-state index >= 15 is 0 Å². The highest BCUT2D eigenvalue weighted by Gasteiger charge is 2.20. The minimum Gasteiger partial charge on any atom is -0.344 e. The number of benzene rings is 1. The standard InChI is InChI=1S/C16H16BrNOS2/c17-9-13(11-4-2-1-3-5-11)18-16(19)15-8-12-10-20-7-6-14(12)21-15/h1-5,8,13H,6-7,9-10H2,(H,18,19). The lowest BCUT2D eigenvalue weighted by Crippen LogP contribution is -2.28. The van der Waals surface area contributed by atoms with Crippen molar-refractivity contribution in [1.29, 1.82) is 0 Å². The molecule has 1 N–H and O–H groups in total. The first-order valence-corrected chi connectivity index (χ1v) is 9.98. The third-order valence-corrected chi connectivity index (χ3v) is 6.40. The molecule has 1 aliphatic heterocycles. The molecule has 0 aliphatic carbocycles. The minimum absolute atomic E-state index is 0.00667. The van der Waals surface area contributed by atoms with E-state index in [-0.39, 0.29) is 11.9 Å². The van der Waals surface area contributed by atoms with Crippen LogP contribution in [0, 0.1) is 0 Å². The number of hydrogen-bond donors (Lipinski definition) is 1. The van der Waals surface area contributed by atoms with Crippen LogP contribution in [0.25, 0.3) is 0 Å². The Morgan fingerprint density at radius 1 is 1.33 bits per heavy atom. The van der Waals surface area contributed by atoms with Crippen molar-refractivity contribution in [3.05, 3.63) is 57.3 Å². The molecule has 0 radical (unpaired) electrons. The number of fused-ring (bicyclic) bond motifs is 1. The Bertz CT molecular complexity index is 603. The van der Waals surface area contributed by atoms with Crippen LogP contribution in [0.3, 0.4) is 0 Å². The number of carbonyl (C=O) groups excluding carboxylic acids is 1. The maximum Gasteiger partial charge on any atom is 0.261 e. The average molecular weight is 382 g/mol. The summed E-state index contributed by atoms with van der Waals surface area (Å²) in [5, 5.41) is 3.84. The van der Waals surface area contributed by atoms with Gasteiger partial charge in [-0.3, -0.25) is 4.79 Å². The molecule has 5 heteroatoms. The average Bonchev–Trinajstić information content (AvgIpc) is 2.97. The fourth-order valence-electron chi connectivity index (χ4n) is 2.38. The zero-order chi connectivity index (χ0) is 14.7. The van der Waals surface area contributed by atoms with Gasteiger partial charge in [0.15, 0.2) is 0 Å². The Kier molecular flexibility index (Phi) is 5.03. The quantitative estimate of drug-likeness (QED) is 0.794. The zero-order valence-corrected chi connectivity index (χ0v) is 14.7. The minimum atomic E-state index is 0.00667. The van der Waals surface area contributed by atoms with Crippen molar-refractivity contribution in [3.63, 3.8) is 0 Å². The van der Waals surface area contributed by atoms with Gasteiger partial charge in [0.1, 0.15) is 0 Å². The van der Waals surface area contributed by atoms with E-state index in [4.69, 9.17) is 0 Å². The van der Waals surface area contributed by atoms with E-state index < -0.39 is 0 Å². The van der Waals surface area contributed by atoms with Gasteiger partial charge in [-0.25, -0.2) is 0 Å². The Hall–Kier alpha value is -0.780. The van der Waals surface area contributed by atoms with Crippen LogP contribution in [0.15, 0.2) is 36.4 Å². The lowest BCUT2D eigenvalue weighted by molar-refractivity contribution is 0.0945. The molecule has 1 aromatic heterocycles. The number of aryl methyl sites for hydroxylation is 1. The number of thiophene rings is 1. The number of carbonyl (C=O) groups is 1. The first-order chi connectivity index (χ1) is 10.3. The zero-order valence-electron chi connectivity index (χ0n) is 11.5. The SMILES string of the molecule is O=C(NC(CBr)c1ccccc1)c1cc2c(s1)CCSC2. The molecule has 1 aromatic carbocycles. The normalized spacial score (nSPS) is 15.3. The first-order valence-electron chi connectivity index (χ1n) is 6.89. The Morgan fingerprint density at radius 3 is 2.86 bits per heavy atom. The van der Waals surface area contributed by atoms with Crippen LogP contribution < -0.4 is 5.32 Å². The molecular weight excluding hydrogens is 366 g/mol. The molecule has 21 heavy (non-hydrogen) atoms. The summed E-state index contributed by atoms with van der Waals surface area (Å²) < 4.78 is 0. The van der Waals surface area contributed by atoms with Gasteiger partial charge >= 0.3 is 0 Å². The van der Waals surface area contributed by atoms with Crippen LogP contribution in [0.2, 0.25) is 0 Å². The fourth-order valence-corrected chi connectivity index (χ4v) is 5.20. The van der Waals surface area contributed by atoms with E-state index in [1.165, 1.54) is 16.2 Å². The van der Waals surface area contributed by atoms with Crippen molar-refractivity contribution in [3.8, 4) is 0 Å². The van der Waals surface area contributed by atoms with Gasteiger partial charge < -0.3 is 5.32 Å². The Balaban J connectivity index is 1.74. The van der Waals surface area contributed by atoms with Crippen molar-refractivity contribution >= 4 is 44.9 Å². The van der Waals surface area contributed by atoms with Gasteiger partial charge in [-0.05, 0) is 29.4 Å². The summed E-state index contributed by atoms with van der Waals surface area (Å²) >= 11 is 7.09. The molecule has 2 nitrogen and oxygen atoms in total. The van der Waals surface area contributed by atoms with Crippen molar-refractivity contribution < 1.29 is 4.79 Å². The van der Waals surface area contributed by atoms with Crippen LogP contribution in [0.4, 0.5) is 0 Å². The highest BCUT2D eigenvalue weighted by Crippen LogP contribution is 2.32. The summed E-state index contributed by atoms with van der Waals surface area (Å²) in [6.07, 6.45) is 1.10. The van der Waals surface area contributed by atoms with Gasteiger partial charge in [-0.1, -0.05) is 46.3 Å². The Labute approximate surface area is 141 Å². The summed E-state index contributed by atoms with van der Waals surface area (Å²) in [6, 6.07) is 12.1. The van der Waals surface area contributed by atoms with E-state index in [0.717, 1.165) is 22.6 Å². The number of amides is 1. The van der Waals surface area contributed by atoms with E-state index in [1.807, 2.05) is 42.1 Å². The van der Waals surface area contributed by atoms with Gasteiger partial charge in [0, 0.05) is 16.0 Å². The van der Waals surface area contributed by atoms with Gasteiger partial charge in [0.05, 0.1) is 10.9 Å². The van der Waals surface area contributed by atoms with Gasteiger partial charge in [0.2, 0.25) is 0 Å². The second-order valence-electron chi connectivity index (χ2n) is 4.95. The number of rotatable bonds is 4. The molecule has 1 amide bonds. The molecule has 0 saturated heterocycles. The van der Waals surface area contributed by atoms with E-state index in [0.29, 0.717) is 5.33 Å². The van der Waals surface area contributed by atoms with Crippen LogP contribution in [0.1, 0.15) is 31.7 Å². The molecule has 1 atom stereocenters. The van der Waals surface area contributed by atoms with E-state index in [9.17, 15) is 4.79 Å². The number of thioether (sulfide) groups is 1. The topological polar surface area (TPSA) is 29.1 Å². The van der Waals surface area contributed by atoms with Gasteiger partial charge in [0.25, 0.3) is 5.91 Å². The summed E-state index contributed by atoms with van der Waals surface area (Å²) in [4.78, 5) is 14.7. The van der Waals surface area contributed by atoms with Crippen LogP contribution >= 0.6 is 39.0 Å². The second-order valence-corrected chi connectivity index (χ2v) is 7.84. The van der Waals surface area contributed by atoms with E-state index in [2.05, 4.69) is 27.3 Å². The van der Waals surface area contributed by atoms with Gasteiger partial charge in [-0.2, -0.15) is 11.8 Å². The summed E-state index contributed by atoms with van der Waals surface area (Å²) in [5.74, 6) is 2.25. The molecule has 0 fully saturated rings. The van der Waals surface area contributed by atoms with Gasteiger partial charge in [-0.15, -0.1) is 11.3 Å². The molecule has 0 spiro atoms. The van der Waals surface area contributed by atoms with Crippen molar-refractivity contribution in [1.82, 2.24) is 5.32 Å².